The maximum absolute atomic E-state index is 13.0. The van der Waals surface area contributed by atoms with Gasteiger partial charge in [-0.3, -0.25) is 14.4 Å². The number of hydrogen-bond acceptors (Lipinski definition) is 7. The van der Waals surface area contributed by atoms with Crippen LogP contribution in [0.25, 0.3) is 0 Å². The van der Waals surface area contributed by atoms with Gasteiger partial charge in [0.15, 0.2) is 0 Å². The third-order valence-electron chi connectivity index (χ3n) is 4.67. The average Bonchev–Trinajstić information content (AvgIpc) is 2.78. The number of esters is 1. The highest BCUT2D eigenvalue weighted by Gasteiger charge is 2.22. The molecule has 0 heterocycles. The van der Waals surface area contributed by atoms with Crippen LogP contribution in [-0.2, 0) is 25.7 Å². The first-order valence-corrected chi connectivity index (χ1v) is 11.2. The van der Waals surface area contributed by atoms with Gasteiger partial charge in [-0.05, 0) is 30.5 Å². The summed E-state index contributed by atoms with van der Waals surface area (Å²) in [6.07, 6.45) is 0.710. The molecule has 1 aromatic rings. The Morgan fingerprint density at radius 2 is 1.79 bits per heavy atom. The van der Waals surface area contributed by atoms with Crippen LogP contribution < -0.4 is 31.7 Å². The number of nitrogens with two attached hydrogens (primary N) is 1. The Balaban J connectivity index is 2.87. The first-order valence-electron chi connectivity index (χ1n) is 11.2. The lowest BCUT2D eigenvalue weighted by Gasteiger charge is -2.20. The van der Waals surface area contributed by atoms with Crippen molar-refractivity contribution in [2.75, 3.05) is 25.5 Å². The Kier molecular flexibility index (Phi) is 12.4. The monoisotopic (exact) mass is 479 g/mol. The number of amides is 4. The molecule has 1 rings (SSSR count). The molecule has 0 aliphatic rings. The van der Waals surface area contributed by atoms with Crippen LogP contribution >= 0.6 is 0 Å². The van der Waals surface area contributed by atoms with Crippen LogP contribution in [0.1, 0.15) is 46.1 Å². The van der Waals surface area contributed by atoms with Gasteiger partial charge in [-0.1, -0.05) is 33.8 Å². The van der Waals surface area contributed by atoms with Gasteiger partial charge in [-0.25, -0.2) is 4.79 Å². The molecule has 0 saturated carbocycles. The van der Waals surface area contributed by atoms with Crippen molar-refractivity contribution < 1.29 is 28.7 Å². The number of urea groups is 1. The highest BCUT2D eigenvalue weighted by atomic mass is 16.5. The number of carbonyl (C=O) groups excluding carboxylic acids is 4. The van der Waals surface area contributed by atoms with E-state index in [2.05, 4.69) is 21.3 Å². The van der Waals surface area contributed by atoms with Gasteiger partial charge in [0.25, 0.3) is 0 Å². The summed E-state index contributed by atoms with van der Waals surface area (Å²) < 4.78 is 10.6. The van der Waals surface area contributed by atoms with Crippen LogP contribution in [0.3, 0.4) is 0 Å². The van der Waals surface area contributed by atoms with Gasteiger partial charge in [0.05, 0.1) is 25.3 Å². The van der Waals surface area contributed by atoms with E-state index in [-0.39, 0.29) is 50.0 Å². The quantitative estimate of drug-likeness (QED) is 0.198. The topological polar surface area (TPSA) is 161 Å². The van der Waals surface area contributed by atoms with Gasteiger partial charge >= 0.3 is 12.0 Å². The molecule has 6 N–H and O–H groups in total. The third kappa shape index (κ3) is 11.0. The van der Waals surface area contributed by atoms with E-state index in [1.807, 2.05) is 13.8 Å². The van der Waals surface area contributed by atoms with E-state index in [9.17, 15) is 19.2 Å². The summed E-state index contributed by atoms with van der Waals surface area (Å²) in [6.45, 7) is 7.73. The van der Waals surface area contributed by atoms with Crippen molar-refractivity contribution in [1.29, 1.82) is 0 Å². The normalized spacial score (nSPS) is 11.6. The zero-order chi connectivity index (χ0) is 25.7. The zero-order valence-electron chi connectivity index (χ0n) is 20.5. The van der Waals surface area contributed by atoms with Crippen molar-refractivity contribution in [2.24, 2.45) is 11.7 Å². The summed E-state index contributed by atoms with van der Waals surface area (Å²) in [5.74, 6) is -0.928. The number of nitrogens with one attached hydrogen (secondary N) is 4. The molecule has 11 heteroatoms. The van der Waals surface area contributed by atoms with Crippen molar-refractivity contribution in [3.63, 3.8) is 0 Å². The Labute approximate surface area is 200 Å². The molecule has 1 aromatic carbocycles. The molecule has 0 radical (unpaired) electrons. The summed E-state index contributed by atoms with van der Waals surface area (Å²) in [7, 11) is 1.46. The molecule has 34 heavy (non-hydrogen) atoms. The van der Waals surface area contributed by atoms with Crippen LogP contribution in [0.2, 0.25) is 0 Å². The summed E-state index contributed by atoms with van der Waals surface area (Å²) in [5.41, 5.74) is 6.17. The van der Waals surface area contributed by atoms with Crippen molar-refractivity contribution in [3.05, 3.63) is 23.8 Å². The lowest BCUT2D eigenvalue weighted by molar-refractivity contribution is -0.148. The maximum Gasteiger partial charge on any atom is 0.312 e. The molecule has 1 unspecified atom stereocenters. The van der Waals surface area contributed by atoms with Gasteiger partial charge in [-0.15, -0.1) is 0 Å². The fourth-order valence-corrected chi connectivity index (χ4v) is 2.80. The molecular formula is C23H37N5O6. The van der Waals surface area contributed by atoms with Gasteiger partial charge < -0.3 is 36.5 Å². The smallest absolute Gasteiger partial charge is 0.312 e. The van der Waals surface area contributed by atoms with E-state index in [0.29, 0.717) is 23.4 Å². The second-order valence-electron chi connectivity index (χ2n) is 8.38. The van der Waals surface area contributed by atoms with Gasteiger partial charge in [0, 0.05) is 12.6 Å². The number of anilines is 1. The minimum absolute atomic E-state index is 0.0636. The third-order valence-corrected chi connectivity index (χ3v) is 4.67. The molecule has 0 spiro atoms. The number of rotatable bonds is 14. The second kappa shape index (κ2) is 14.7. The SMILES string of the molecule is COc1cc(COC(=O)C(C)C)ccc1NC(=O)C(CCCNC(N)=O)NC(=O)CNC(C)C. The predicted molar refractivity (Wildman–Crippen MR) is 128 cm³/mol. The summed E-state index contributed by atoms with van der Waals surface area (Å²) in [5, 5.41) is 10.9. The summed E-state index contributed by atoms with van der Waals surface area (Å²) >= 11 is 0. The molecule has 190 valence electrons. The number of methoxy groups -OCH3 is 1. The fourth-order valence-electron chi connectivity index (χ4n) is 2.80. The minimum Gasteiger partial charge on any atom is -0.495 e. The molecule has 0 aromatic heterocycles. The molecular weight excluding hydrogens is 442 g/mol. The van der Waals surface area contributed by atoms with Crippen LogP contribution in [-0.4, -0.2) is 56.1 Å². The molecule has 4 amide bonds. The maximum atomic E-state index is 13.0. The Morgan fingerprint density at radius 1 is 1.09 bits per heavy atom. The molecule has 0 bridgehead atoms. The van der Waals surface area contributed by atoms with E-state index < -0.39 is 18.0 Å². The number of carbonyl (C=O) groups is 4. The van der Waals surface area contributed by atoms with Gasteiger partial charge in [0.1, 0.15) is 18.4 Å². The molecule has 0 saturated heterocycles. The Morgan fingerprint density at radius 3 is 2.38 bits per heavy atom. The number of benzene rings is 1. The largest absolute Gasteiger partial charge is 0.495 e. The number of hydrogen-bond donors (Lipinski definition) is 5. The van der Waals surface area contributed by atoms with Crippen LogP contribution in [0, 0.1) is 5.92 Å². The molecule has 0 aliphatic heterocycles. The zero-order valence-corrected chi connectivity index (χ0v) is 20.5. The van der Waals surface area contributed by atoms with Crippen LogP contribution in [0.15, 0.2) is 18.2 Å². The fraction of sp³-hybridized carbons (Fsp3) is 0.565. The van der Waals surface area contributed by atoms with Crippen LogP contribution in [0.4, 0.5) is 10.5 Å². The highest BCUT2D eigenvalue weighted by molar-refractivity contribution is 5.98. The lowest BCUT2D eigenvalue weighted by atomic mass is 10.1. The number of primary amides is 1. The number of ether oxygens (including phenoxy) is 2. The second-order valence-corrected chi connectivity index (χ2v) is 8.38. The summed E-state index contributed by atoms with van der Waals surface area (Å²) in [4.78, 5) is 47.8. The average molecular weight is 480 g/mol. The van der Waals surface area contributed by atoms with Crippen molar-refractivity contribution in [1.82, 2.24) is 16.0 Å². The van der Waals surface area contributed by atoms with E-state index in [0.717, 1.165) is 0 Å². The molecule has 0 aliphatic carbocycles. The van der Waals surface area contributed by atoms with Crippen molar-refractivity contribution >= 4 is 29.5 Å². The van der Waals surface area contributed by atoms with Gasteiger partial charge in [-0.2, -0.15) is 0 Å². The molecule has 11 nitrogen and oxygen atoms in total. The Bertz CT molecular complexity index is 843. The summed E-state index contributed by atoms with van der Waals surface area (Å²) in [6, 6.07) is 3.63. The van der Waals surface area contributed by atoms with Crippen molar-refractivity contribution in [3.8, 4) is 5.75 Å². The standard InChI is InChI=1S/C23H37N5O6/c1-14(2)22(31)34-13-16-8-9-17(19(11-16)33-5)28-21(30)18(7-6-10-25-23(24)32)27-20(29)12-26-15(3)4/h8-9,11,14-15,18,26H,6-7,10,12-13H2,1-5H3,(H,27,29)(H,28,30)(H3,24,25,32). The van der Waals surface area contributed by atoms with E-state index in [1.165, 1.54) is 7.11 Å². The van der Waals surface area contributed by atoms with Crippen LogP contribution in [0.5, 0.6) is 5.75 Å². The lowest BCUT2D eigenvalue weighted by Crippen LogP contribution is -2.47. The first kappa shape index (κ1) is 28.7. The molecule has 1 atom stereocenters. The predicted octanol–water partition coefficient (Wildman–Crippen LogP) is 1.26. The minimum atomic E-state index is -0.840. The first-order chi connectivity index (χ1) is 16.0. The van der Waals surface area contributed by atoms with E-state index in [1.54, 1.807) is 32.0 Å². The van der Waals surface area contributed by atoms with Crippen molar-refractivity contribution in [2.45, 2.75) is 59.2 Å². The van der Waals surface area contributed by atoms with E-state index in [4.69, 9.17) is 15.2 Å². The van der Waals surface area contributed by atoms with Gasteiger partial charge in [0.2, 0.25) is 11.8 Å². The van der Waals surface area contributed by atoms with E-state index >= 15 is 0 Å². The Hall–Kier alpha value is -3.34. The molecule has 0 fully saturated rings. The highest BCUT2D eigenvalue weighted by Crippen LogP contribution is 2.26.